The SMILES string of the molecule is c1ccc(-c2nc(-c3cc(-n4c5ccccc5c5ncccc54)c(-n4c5ccccc5c5ncccc54)c(-n4c5ccccc5c5ncccc54)c3-n3c4ccccc4c4ncccc43)nc(-n3c4ccccc4c4ccccc43)n2)cc1. The summed E-state index contributed by atoms with van der Waals surface area (Å²) in [7, 11) is 0. The van der Waals surface area contributed by atoms with Gasteiger partial charge < -0.3 is 18.3 Å². The average molecular weight is 1060 g/mol. The first-order chi connectivity index (χ1) is 41.2. The molecule has 0 radical (unpaired) electrons. The fourth-order valence-electron chi connectivity index (χ4n) is 13.2. The molecule has 12 nitrogen and oxygen atoms in total. The maximum atomic E-state index is 5.84. The highest BCUT2D eigenvalue weighted by atomic mass is 15.2. The van der Waals surface area contributed by atoms with Crippen LogP contribution in [0.15, 0.2) is 255 Å². The van der Waals surface area contributed by atoms with Crippen molar-refractivity contribution < 1.29 is 0 Å². The zero-order valence-electron chi connectivity index (χ0n) is 44.1. The second-order valence-electron chi connectivity index (χ2n) is 20.9. The van der Waals surface area contributed by atoms with E-state index in [-0.39, 0.29) is 0 Å². The van der Waals surface area contributed by atoms with Gasteiger partial charge >= 0.3 is 0 Å². The van der Waals surface area contributed by atoms with Crippen molar-refractivity contribution in [2.75, 3.05) is 0 Å². The normalized spacial score (nSPS) is 12.1. The lowest BCUT2D eigenvalue weighted by Crippen LogP contribution is -2.15. The first-order valence-electron chi connectivity index (χ1n) is 27.6. The smallest absolute Gasteiger partial charge is 0.238 e. The van der Waals surface area contributed by atoms with Crippen LogP contribution >= 0.6 is 0 Å². The minimum absolute atomic E-state index is 0.455. The van der Waals surface area contributed by atoms with E-state index in [0.29, 0.717) is 17.6 Å². The first-order valence-corrected chi connectivity index (χ1v) is 27.6. The highest BCUT2D eigenvalue weighted by molar-refractivity contribution is 6.15. The Labute approximate surface area is 471 Å². The van der Waals surface area contributed by atoms with Crippen LogP contribution in [0, 0.1) is 0 Å². The van der Waals surface area contributed by atoms with Gasteiger partial charge in [-0.1, -0.05) is 140 Å². The Morgan fingerprint density at radius 2 is 0.578 bits per heavy atom. The lowest BCUT2D eigenvalue weighted by atomic mass is 10.0. The van der Waals surface area contributed by atoms with Crippen LogP contribution in [-0.4, -0.2) is 57.7 Å². The van der Waals surface area contributed by atoms with Gasteiger partial charge in [-0.05, 0) is 91.0 Å². The van der Waals surface area contributed by atoms with E-state index in [1.165, 1.54) is 0 Å². The molecule has 12 heteroatoms. The number of para-hydroxylation sites is 6. The molecular weight excluding hydrogens is 1020 g/mol. The van der Waals surface area contributed by atoms with Crippen LogP contribution in [0.5, 0.6) is 0 Å². The summed E-state index contributed by atoms with van der Waals surface area (Å²) >= 11 is 0. The fraction of sp³-hybridized carbons (Fsp3) is 0. The van der Waals surface area contributed by atoms with Crippen molar-refractivity contribution in [1.29, 1.82) is 0 Å². The predicted octanol–water partition coefficient (Wildman–Crippen LogP) is 16.3. The number of benzene rings is 8. The van der Waals surface area contributed by atoms with Crippen LogP contribution in [0.25, 0.3) is 161 Å². The Kier molecular flexibility index (Phi) is 9.51. The lowest BCUT2D eigenvalue weighted by Gasteiger charge is -2.27. The Morgan fingerprint density at radius 3 is 1.04 bits per heavy atom. The summed E-state index contributed by atoms with van der Waals surface area (Å²) in [5.41, 5.74) is 17.9. The molecule has 0 saturated carbocycles. The van der Waals surface area contributed by atoms with Crippen LogP contribution in [0.4, 0.5) is 0 Å². The van der Waals surface area contributed by atoms with Crippen LogP contribution in [0.1, 0.15) is 0 Å². The molecule has 18 aromatic rings. The first kappa shape index (κ1) is 45.3. The Bertz CT molecular complexity index is 5460. The largest absolute Gasteiger partial charge is 0.305 e. The molecule has 0 amide bonds. The third-order valence-corrected chi connectivity index (χ3v) is 16.5. The van der Waals surface area contributed by atoms with Crippen LogP contribution in [0.3, 0.4) is 0 Å². The number of rotatable bonds is 7. The van der Waals surface area contributed by atoms with Crippen molar-refractivity contribution in [3.05, 3.63) is 255 Å². The van der Waals surface area contributed by atoms with Crippen molar-refractivity contribution >= 4 is 110 Å². The summed E-state index contributed by atoms with van der Waals surface area (Å²) in [6.07, 6.45) is 7.53. The molecule has 0 unspecified atom stereocenters. The van der Waals surface area contributed by atoms with Crippen molar-refractivity contribution in [2.45, 2.75) is 0 Å². The van der Waals surface area contributed by atoms with Crippen molar-refractivity contribution in [3.63, 3.8) is 0 Å². The molecule has 83 heavy (non-hydrogen) atoms. The van der Waals surface area contributed by atoms with E-state index in [9.17, 15) is 0 Å². The molecule has 10 heterocycles. The van der Waals surface area contributed by atoms with E-state index in [1.807, 2.05) is 67.3 Å². The average Bonchev–Trinajstić information content (AvgIpc) is 2.66. The van der Waals surface area contributed by atoms with E-state index >= 15 is 0 Å². The topological polar surface area (TPSA) is 115 Å². The molecule has 0 N–H and O–H groups in total. The maximum absolute atomic E-state index is 5.84. The zero-order valence-corrected chi connectivity index (χ0v) is 44.1. The molecule has 0 bridgehead atoms. The van der Waals surface area contributed by atoms with Crippen LogP contribution in [-0.2, 0) is 0 Å². The van der Waals surface area contributed by atoms with Crippen LogP contribution < -0.4 is 0 Å². The predicted molar refractivity (Wildman–Crippen MR) is 334 cm³/mol. The second kappa shape index (κ2) is 17.4. The minimum Gasteiger partial charge on any atom is -0.305 e. The number of pyridine rings is 4. The molecule has 18 rings (SSSR count). The van der Waals surface area contributed by atoms with Crippen molar-refractivity contribution in [3.8, 4) is 51.5 Å². The molecule has 0 spiro atoms. The summed E-state index contributed by atoms with van der Waals surface area (Å²) in [5, 5.41) is 6.22. The molecule has 0 saturated heterocycles. The molecule has 0 aliphatic rings. The van der Waals surface area contributed by atoms with Crippen molar-refractivity contribution in [2.24, 2.45) is 0 Å². The van der Waals surface area contributed by atoms with Gasteiger partial charge in [0.1, 0.15) is 0 Å². The van der Waals surface area contributed by atoms with Crippen molar-refractivity contribution in [1.82, 2.24) is 57.7 Å². The van der Waals surface area contributed by atoms with E-state index in [4.69, 9.17) is 34.9 Å². The Balaban J connectivity index is 1.15. The number of nitrogens with zero attached hydrogens (tertiary/aromatic N) is 12. The summed E-state index contributed by atoms with van der Waals surface area (Å²) < 4.78 is 11.8. The molecule has 0 fully saturated rings. The molecule has 0 aliphatic heterocycles. The summed E-state index contributed by atoms with van der Waals surface area (Å²) in [5.74, 6) is 1.45. The summed E-state index contributed by atoms with van der Waals surface area (Å²) in [6, 6.07) is 80.7. The standard InChI is InChI=1S/C71H42N12/c1-2-20-43(21-3-1)69-76-70(78-71(77-69)83-51-28-10-4-22-44(51)45-23-5-11-29-52(45)83)50-42-61(79-53-30-12-6-24-46(53)62-57(79)34-16-38-72-62)67(81-55-32-14-8-26-48(55)64-59(81)36-18-40-74-64)68(82-56-33-15-9-27-49(56)65-60(82)37-19-41-75-65)66(50)80-54-31-13-7-25-47(54)63-58(80)35-17-39-73-63/h1-42H. The third-order valence-electron chi connectivity index (χ3n) is 16.5. The van der Waals surface area contributed by atoms with E-state index < -0.39 is 0 Å². The Hall–Kier alpha value is -11.6. The number of fused-ring (bicyclic) bond motifs is 15. The zero-order chi connectivity index (χ0) is 54.3. The number of aromatic nitrogens is 12. The third kappa shape index (κ3) is 6.42. The van der Waals surface area contributed by atoms with E-state index in [0.717, 1.165) is 143 Å². The van der Waals surface area contributed by atoms with Gasteiger partial charge in [0.2, 0.25) is 5.95 Å². The lowest BCUT2D eigenvalue weighted by molar-refractivity contribution is 0.948. The van der Waals surface area contributed by atoms with Gasteiger partial charge in [-0.15, -0.1) is 0 Å². The molecule has 0 atom stereocenters. The summed E-state index contributed by atoms with van der Waals surface area (Å²) in [6.45, 7) is 0. The van der Waals surface area contributed by atoms with Gasteiger partial charge in [0.05, 0.1) is 100.0 Å². The van der Waals surface area contributed by atoms with E-state index in [2.05, 4.69) is 211 Å². The Morgan fingerprint density at radius 1 is 0.241 bits per heavy atom. The maximum Gasteiger partial charge on any atom is 0.238 e. The number of hydrogen-bond donors (Lipinski definition) is 0. The second-order valence-corrected chi connectivity index (χ2v) is 20.9. The van der Waals surface area contributed by atoms with Gasteiger partial charge in [-0.3, -0.25) is 24.5 Å². The highest BCUT2D eigenvalue weighted by Crippen LogP contribution is 2.49. The van der Waals surface area contributed by atoms with Gasteiger partial charge in [-0.25, -0.2) is 4.98 Å². The quantitative estimate of drug-likeness (QED) is 0.156. The highest BCUT2D eigenvalue weighted by Gasteiger charge is 2.34. The van der Waals surface area contributed by atoms with Gasteiger partial charge in [0.25, 0.3) is 0 Å². The van der Waals surface area contributed by atoms with Gasteiger partial charge in [0.15, 0.2) is 11.6 Å². The fourth-order valence-corrected chi connectivity index (χ4v) is 13.2. The summed E-state index contributed by atoms with van der Waals surface area (Å²) in [4.78, 5) is 37.8. The molecule has 8 aromatic carbocycles. The number of hydrogen-bond acceptors (Lipinski definition) is 7. The molecular formula is C71H42N12. The van der Waals surface area contributed by atoms with E-state index in [1.54, 1.807) is 0 Å². The molecule has 386 valence electrons. The van der Waals surface area contributed by atoms with Gasteiger partial charge in [0, 0.05) is 68.2 Å². The monoisotopic (exact) mass is 1060 g/mol. The molecule has 0 aliphatic carbocycles. The van der Waals surface area contributed by atoms with Gasteiger partial charge in [-0.2, -0.15) is 9.97 Å². The van der Waals surface area contributed by atoms with Crippen LogP contribution in [0.2, 0.25) is 0 Å². The molecule has 10 aromatic heterocycles. The minimum atomic E-state index is 0.455.